The molecule has 9 nitrogen and oxygen atoms in total. The van der Waals surface area contributed by atoms with Crippen LogP contribution in [-0.2, 0) is 11.3 Å². The Morgan fingerprint density at radius 1 is 1.25 bits per heavy atom. The van der Waals surface area contributed by atoms with Crippen LogP contribution in [0.5, 0.6) is 11.5 Å². The number of carbonyl (C=O) groups is 1. The SMILES string of the molecule is COc1cc(C)c([C@H](C)NC(=O)Cn2nnn(-c3cccs3)c2=O)cc1OC. The quantitative estimate of drug-likeness (QED) is 0.644. The topological polar surface area (TPSA) is 100 Å². The van der Waals surface area contributed by atoms with E-state index in [1.165, 1.54) is 16.0 Å². The average molecular weight is 403 g/mol. The summed E-state index contributed by atoms with van der Waals surface area (Å²) in [6.07, 6.45) is 0. The van der Waals surface area contributed by atoms with Crippen molar-refractivity contribution in [3.63, 3.8) is 0 Å². The van der Waals surface area contributed by atoms with E-state index < -0.39 is 5.69 Å². The van der Waals surface area contributed by atoms with Gasteiger partial charge in [0.1, 0.15) is 11.5 Å². The third-order valence-corrected chi connectivity index (χ3v) is 5.11. The van der Waals surface area contributed by atoms with Crippen LogP contribution in [0, 0.1) is 6.92 Å². The molecule has 0 saturated carbocycles. The summed E-state index contributed by atoms with van der Waals surface area (Å²) >= 11 is 1.36. The molecule has 0 aliphatic rings. The van der Waals surface area contributed by atoms with Gasteiger partial charge in [0.05, 0.1) is 20.3 Å². The highest BCUT2D eigenvalue weighted by atomic mass is 32.1. The molecule has 0 aliphatic carbocycles. The van der Waals surface area contributed by atoms with Gasteiger partial charge in [0.25, 0.3) is 0 Å². The van der Waals surface area contributed by atoms with Crippen LogP contribution >= 0.6 is 11.3 Å². The Morgan fingerprint density at radius 2 is 1.96 bits per heavy atom. The molecule has 1 amide bonds. The number of nitrogens with one attached hydrogen (secondary N) is 1. The molecule has 2 heterocycles. The second-order valence-electron chi connectivity index (χ2n) is 6.14. The normalized spacial score (nSPS) is 11.9. The van der Waals surface area contributed by atoms with Crippen LogP contribution in [0.3, 0.4) is 0 Å². The van der Waals surface area contributed by atoms with Gasteiger partial charge in [0.15, 0.2) is 11.5 Å². The van der Waals surface area contributed by atoms with Gasteiger partial charge in [0.2, 0.25) is 5.91 Å². The molecule has 1 atom stereocenters. The molecule has 0 unspecified atom stereocenters. The minimum absolute atomic E-state index is 0.221. The summed E-state index contributed by atoms with van der Waals surface area (Å²) in [4.78, 5) is 24.8. The Hall–Kier alpha value is -3.14. The zero-order chi connectivity index (χ0) is 20.3. The predicted molar refractivity (Wildman–Crippen MR) is 104 cm³/mol. The average Bonchev–Trinajstić information content (AvgIpc) is 3.31. The number of nitrogens with zero attached hydrogens (tertiary/aromatic N) is 4. The first-order chi connectivity index (χ1) is 13.4. The fourth-order valence-corrected chi connectivity index (χ4v) is 3.53. The Labute approximate surface area is 165 Å². The lowest BCUT2D eigenvalue weighted by Crippen LogP contribution is -2.34. The van der Waals surface area contributed by atoms with E-state index in [0.29, 0.717) is 16.5 Å². The highest BCUT2D eigenvalue weighted by Crippen LogP contribution is 2.32. The summed E-state index contributed by atoms with van der Waals surface area (Å²) in [5, 5.41) is 13.0. The number of tetrazole rings is 1. The molecule has 2 aromatic heterocycles. The van der Waals surface area contributed by atoms with Crippen LogP contribution in [0.4, 0.5) is 0 Å². The first-order valence-electron chi connectivity index (χ1n) is 8.53. The van der Waals surface area contributed by atoms with E-state index in [1.54, 1.807) is 20.3 Å². The molecule has 148 valence electrons. The molecule has 0 fully saturated rings. The molecular weight excluding hydrogens is 382 g/mol. The van der Waals surface area contributed by atoms with Crippen LogP contribution in [0.15, 0.2) is 34.4 Å². The predicted octanol–water partition coefficient (Wildman–Crippen LogP) is 1.69. The Kier molecular flexibility index (Phi) is 5.78. The van der Waals surface area contributed by atoms with Crippen molar-refractivity contribution in [2.45, 2.75) is 26.4 Å². The van der Waals surface area contributed by atoms with Crippen molar-refractivity contribution < 1.29 is 14.3 Å². The number of aryl methyl sites for hydroxylation is 1. The monoisotopic (exact) mass is 403 g/mol. The van der Waals surface area contributed by atoms with Crippen molar-refractivity contribution in [2.75, 3.05) is 14.2 Å². The number of hydrogen-bond donors (Lipinski definition) is 1. The Balaban J connectivity index is 1.73. The standard InChI is InChI=1S/C18H21N5O4S/c1-11-8-14(26-3)15(27-4)9-13(11)12(2)19-16(24)10-22-18(25)23(21-20-22)17-6-5-7-28-17/h5-9,12H,10H2,1-4H3,(H,19,24)/t12-/m0/s1. The van der Waals surface area contributed by atoms with Gasteiger partial charge in [-0.25, -0.2) is 4.79 Å². The van der Waals surface area contributed by atoms with E-state index >= 15 is 0 Å². The first-order valence-corrected chi connectivity index (χ1v) is 9.41. The maximum atomic E-state index is 12.4. The summed E-state index contributed by atoms with van der Waals surface area (Å²) in [6.45, 7) is 3.56. The van der Waals surface area contributed by atoms with Crippen molar-refractivity contribution in [1.82, 2.24) is 25.1 Å². The number of ether oxygens (including phenoxy) is 2. The van der Waals surface area contributed by atoms with Gasteiger partial charge in [-0.2, -0.15) is 9.36 Å². The molecular formula is C18H21N5O4S. The molecule has 0 radical (unpaired) electrons. The minimum Gasteiger partial charge on any atom is -0.493 e. The van der Waals surface area contributed by atoms with Crippen LogP contribution in [0.1, 0.15) is 24.1 Å². The van der Waals surface area contributed by atoms with Gasteiger partial charge in [-0.05, 0) is 65.0 Å². The molecule has 0 saturated heterocycles. The van der Waals surface area contributed by atoms with Gasteiger partial charge in [-0.3, -0.25) is 4.79 Å². The lowest BCUT2D eigenvalue weighted by atomic mass is 10.0. The third-order valence-electron chi connectivity index (χ3n) is 4.26. The first kappa shape index (κ1) is 19.6. The molecule has 1 aromatic carbocycles. The van der Waals surface area contributed by atoms with Gasteiger partial charge < -0.3 is 14.8 Å². The number of aromatic nitrogens is 4. The molecule has 0 spiro atoms. The molecule has 3 rings (SSSR count). The Bertz CT molecular complexity index is 1030. The van der Waals surface area contributed by atoms with E-state index in [0.717, 1.165) is 15.8 Å². The van der Waals surface area contributed by atoms with Crippen LogP contribution in [0.25, 0.3) is 5.00 Å². The number of hydrogen-bond acceptors (Lipinski definition) is 7. The van der Waals surface area contributed by atoms with Gasteiger partial charge >= 0.3 is 5.69 Å². The fraction of sp³-hybridized carbons (Fsp3) is 0.333. The largest absolute Gasteiger partial charge is 0.493 e. The molecule has 1 N–H and O–H groups in total. The number of rotatable bonds is 7. The van der Waals surface area contributed by atoms with E-state index in [2.05, 4.69) is 15.7 Å². The molecule has 28 heavy (non-hydrogen) atoms. The Morgan fingerprint density at radius 3 is 2.61 bits per heavy atom. The van der Waals surface area contributed by atoms with E-state index in [1.807, 2.05) is 37.4 Å². The van der Waals surface area contributed by atoms with E-state index in [4.69, 9.17) is 9.47 Å². The maximum absolute atomic E-state index is 12.4. The van der Waals surface area contributed by atoms with Gasteiger partial charge in [0, 0.05) is 0 Å². The molecule has 10 heteroatoms. The summed E-state index contributed by atoms with van der Waals surface area (Å²) in [5.41, 5.74) is 1.37. The lowest BCUT2D eigenvalue weighted by Gasteiger charge is -2.19. The number of amides is 1. The van der Waals surface area contributed by atoms with Gasteiger partial charge in [-0.15, -0.1) is 11.3 Å². The fourth-order valence-electron chi connectivity index (χ4n) is 2.87. The number of methoxy groups -OCH3 is 2. The van der Waals surface area contributed by atoms with E-state index in [9.17, 15) is 9.59 Å². The number of thiophene rings is 1. The smallest absolute Gasteiger partial charge is 0.369 e. The van der Waals surface area contributed by atoms with Crippen LogP contribution in [-0.4, -0.2) is 39.9 Å². The molecule has 0 bridgehead atoms. The molecule has 0 aliphatic heterocycles. The van der Waals surface area contributed by atoms with Crippen LogP contribution < -0.4 is 20.5 Å². The molecule has 3 aromatic rings. The summed E-state index contributed by atoms with van der Waals surface area (Å²) in [7, 11) is 3.13. The lowest BCUT2D eigenvalue weighted by molar-refractivity contribution is -0.122. The zero-order valence-electron chi connectivity index (χ0n) is 16.0. The highest BCUT2D eigenvalue weighted by Gasteiger charge is 2.18. The number of benzene rings is 1. The van der Waals surface area contributed by atoms with Crippen LogP contribution in [0.2, 0.25) is 0 Å². The number of carbonyl (C=O) groups excluding carboxylic acids is 1. The van der Waals surface area contributed by atoms with Gasteiger partial charge in [-0.1, -0.05) is 0 Å². The zero-order valence-corrected chi connectivity index (χ0v) is 16.8. The highest BCUT2D eigenvalue weighted by molar-refractivity contribution is 7.12. The minimum atomic E-state index is -0.465. The van der Waals surface area contributed by atoms with Crippen molar-refractivity contribution >= 4 is 17.2 Å². The maximum Gasteiger partial charge on any atom is 0.369 e. The van der Waals surface area contributed by atoms with Crippen molar-refractivity contribution in [3.05, 3.63) is 51.3 Å². The summed E-state index contributed by atoms with van der Waals surface area (Å²) < 4.78 is 12.8. The second kappa shape index (κ2) is 8.26. The van der Waals surface area contributed by atoms with Crippen molar-refractivity contribution in [1.29, 1.82) is 0 Å². The summed E-state index contributed by atoms with van der Waals surface area (Å²) in [5.74, 6) is 0.861. The van der Waals surface area contributed by atoms with Crippen molar-refractivity contribution in [2.24, 2.45) is 0 Å². The second-order valence-corrected chi connectivity index (χ2v) is 7.06. The van der Waals surface area contributed by atoms with Crippen molar-refractivity contribution in [3.8, 4) is 16.5 Å². The third kappa shape index (κ3) is 3.91. The van der Waals surface area contributed by atoms with E-state index in [-0.39, 0.29) is 18.5 Å². The summed E-state index contributed by atoms with van der Waals surface area (Å²) in [6, 6.07) is 6.96.